The summed E-state index contributed by atoms with van der Waals surface area (Å²) in [5.41, 5.74) is 1.06. The molecule has 0 unspecified atom stereocenters. The van der Waals surface area contributed by atoms with Gasteiger partial charge in [-0.2, -0.15) is 9.78 Å². The Labute approximate surface area is 158 Å². The fraction of sp³-hybridized carbons (Fsp3) is 0.118. The van der Waals surface area contributed by atoms with Crippen LogP contribution in [0.4, 0.5) is 5.69 Å². The number of nitrogens with zero attached hydrogens (tertiary/aromatic N) is 5. The second-order valence-electron chi connectivity index (χ2n) is 5.32. The van der Waals surface area contributed by atoms with Crippen LogP contribution in [-0.2, 0) is 5.75 Å². The fourth-order valence-corrected chi connectivity index (χ4v) is 3.03. The molecule has 0 aliphatic heterocycles. The molecule has 3 aromatic rings. The number of nitro benzene ring substituents is 1. The molecule has 0 amide bonds. The van der Waals surface area contributed by atoms with Crippen molar-refractivity contribution < 1.29 is 14.8 Å². The molecule has 0 saturated carbocycles. The molecule has 0 spiro atoms. The lowest BCUT2D eigenvalue weighted by molar-refractivity contribution is -0.385. The molecule has 27 heavy (non-hydrogen) atoms. The summed E-state index contributed by atoms with van der Waals surface area (Å²) in [5, 5.41) is 33.8. The average molecular weight is 385 g/mol. The van der Waals surface area contributed by atoms with E-state index >= 15 is 0 Å². The van der Waals surface area contributed by atoms with Crippen molar-refractivity contribution >= 4 is 23.7 Å². The zero-order valence-electron chi connectivity index (χ0n) is 14.2. The van der Waals surface area contributed by atoms with Gasteiger partial charge in [0, 0.05) is 17.4 Å². The molecule has 9 nitrogen and oxygen atoms in total. The van der Waals surface area contributed by atoms with E-state index in [4.69, 9.17) is 4.74 Å². The first-order chi connectivity index (χ1) is 13.1. The molecule has 10 heteroatoms. The number of ether oxygens (including phenoxy) is 1. The van der Waals surface area contributed by atoms with E-state index < -0.39 is 4.92 Å². The molecular weight excluding hydrogens is 370 g/mol. The summed E-state index contributed by atoms with van der Waals surface area (Å²) >= 11 is 1.44. The highest BCUT2D eigenvalue weighted by Gasteiger charge is 2.16. The number of hydrogen-bond acceptors (Lipinski definition) is 8. The fourth-order valence-electron chi connectivity index (χ4n) is 2.21. The standard InChI is InChI=1S/C17H15N5O4S/c1-26-15-8-14(22(24)25)7-13(16(15)23)9-19-21-11-18-20-17(21)27-10-12-5-3-2-4-6-12/h2-9,11,23H,10H2,1H3/b19-9+. The molecule has 1 heterocycles. The molecule has 0 fully saturated rings. The Kier molecular flexibility index (Phi) is 5.67. The van der Waals surface area contributed by atoms with Crippen molar-refractivity contribution in [1.82, 2.24) is 14.9 Å². The first-order valence-corrected chi connectivity index (χ1v) is 8.73. The van der Waals surface area contributed by atoms with Crippen LogP contribution in [-0.4, -0.2) is 38.2 Å². The van der Waals surface area contributed by atoms with E-state index in [1.165, 1.54) is 42.2 Å². The van der Waals surface area contributed by atoms with Gasteiger partial charge in [0.2, 0.25) is 5.16 Å². The minimum atomic E-state index is -0.570. The predicted octanol–water partition coefficient (Wildman–Crippen LogP) is 3.08. The number of benzene rings is 2. The van der Waals surface area contributed by atoms with Crippen molar-refractivity contribution in [2.45, 2.75) is 10.9 Å². The van der Waals surface area contributed by atoms with Crippen molar-refractivity contribution in [3.63, 3.8) is 0 Å². The van der Waals surface area contributed by atoms with Crippen molar-refractivity contribution in [3.05, 3.63) is 70.0 Å². The minimum absolute atomic E-state index is 0.00641. The minimum Gasteiger partial charge on any atom is -0.504 e. The van der Waals surface area contributed by atoms with Gasteiger partial charge in [-0.05, 0) is 5.56 Å². The van der Waals surface area contributed by atoms with Crippen molar-refractivity contribution in [2.75, 3.05) is 7.11 Å². The smallest absolute Gasteiger partial charge is 0.274 e. The third kappa shape index (κ3) is 4.42. The summed E-state index contributed by atoms with van der Waals surface area (Å²) < 4.78 is 6.40. The van der Waals surface area contributed by atoms with Gasteiger partial charge in [0.1, 0.15) is 6.33 Å². The maximum absolute atomic E-state index is 11.0. The molecule has 0 aliphatic rings. The average Bonchev–Trinajstić information content (AvgIpc) is 3.13. The molecule has 138 valence electrons. The molecule has 3 rings (SSSR count). The molecule has 0 radical (unpaired) electrons. The van der Waals surface area contributed by atoms with E-state index in [1.807, 2.05) is 30.3 Å². The number of phenolic OH excluding ortho intramolecular Hbond substituents is 1. The third-order valence-corrected chi connectivity index (χ3v) is 4.56. The highest BCUT2D eigenvalue weighted by Crippen LogP contribution is 2.33. The van der Waals surface area contributed by atoms with Crippen LogP contribution < -0.4 is 4.74 Å². The summed E-state index contributed by atoms with van der Waals surface area (Å²) in [6.45, 7) is 0. The third-order valence-electron chi connectivity index (χ3n) is 3.55. The van der Waals surface area contributed by atoms with Gasteiger partial charge >= 0.3 is 0 Å². The van der Waals surface area contributed by atoms with Gasteiger partial charge in [-0.15, -0.1) is 10.2 Å². The van der Waals surface area contributed by atoms with Gasteiger partial charge in [-0.1, -0.05) is 42.1 Å². The van der Waals surface area contributed by atoms with Gasteiger partial charge in [-0.25, -0.2) is 0 Å². The van der Waals surface area contributed by atoms with Crippen LogP contribution >= 0.6 is 11.8 Å². The van der Waals surface area contributed by atoms with Gasteiger partial charge in [0.15, 0.2) is 11.5 Å². The summed E-state index contributed by atoms with van der Waals surface area (Å²) in [7, 11) is 1.32. The van der Waals surface area contributed by atoms with Crippen LogP contribution in [0.15, 0.2) is 59.0 Å². The molecule has 0 aliphatic carbocycles. The summed E-state index contributed by atoms with van der Waals surface area (Å²) in [5.74, 6) is 0.441. The predicted molar refractivity (Wildman–Crippen MR) is 100 cm³/mol. The van der Waals surface area contributed by atoms with Gasteiger partial charge in [-0.3, -0.25) is 10.1 Å². The van der Waals surface area contributed by atoms with Gasteiger partial charge in [0.05, 0.1) is 24.3 Å². The Morgan fingerprint density at radius 3 is 2.85 bits per heavy atom. The Balaban J connectivity index is 1.82. The lowest BCUT2D eigenvalue weighted by Gasteiger charge is -2.06. The van der Waals surface area contributed by atoms with E-state index in [9.17, 15) is 15.2 Å². The number of hydrogen-bond donors (Lipinski definition) is 1. The molecule has 0 atom stereocenters. The quantitative estimate of drug-likeness (QED) is 0.287. The van der Waals surface area contributed by atoms with Gasteiger partial charge in [0.25, 0.3) is 5.69 Å². The Bertz CT molecular complexity index is 975. The van der Waals surface area contributed by atoms with Crippen LogP contribution in [0.5, 0.6) is 11.5 Å². The Morgan fingerprint density at radius 2 is 2.15 bits per heavy atom. The molecular formula is C17H15N5O4S. The highest BCUT2D eigenvalue weighted by atomic mass is 32.2. The molecule has 0 bridgehead atoms. The normalized spacial score (nSPS) is 11.0. The van der Waals surface area contributed by atoms with Crippen LogP contribution in [0.2, 0.25) is 0 Å². The van der Waals surface area contributed by atoms with Crippen LogP contribution in [0, 0.1) is 10.1 Å². The number of thioether (sulfide) groups is 1. The number of nitro groups is 1. The highest BCUT2D eigenvalue weighted by molar-refractivity contribution is 7.98. The number of methoxy groups -OCH3 is 1. The van der Waals surface area contributed by atoms with Crippen molar-refractivity contribution in [1.29, 1.82) is 0 Å². The summed E-state index contributed by atoms with van der Waals surface area (Å²) in [6.07, 6.45) is 2.70. The van der Waals surface area contributed by atoms with Crippen LogP contribution in [0.1, 0.15) is 11.1 Å². The second kappa shape index (κ2) is 8.32. The van der Waals surface area contributed by atoms with E-state index in [-0.39, 0.29) is 22.7 Å². The first kappa shape index (κ1) is 18.4. The first-order valence-electron chi connectivity index (χ1n) is 7.75. The molecule has 2 aromatic carbocycles. The number of phenols is 1. The zero-order valence-corrected chi connectivity index (χ0v) is 15.0. The summed E-state index contributed by atoms with van der Waals surface area (Å²) in [6, 6.07) is 12.2. The second-order valence-corrected chi connectivity index (χ2v) is 6.26. The molecule has 0 saturated heterocycles. The van der Waals surface area contributed by atoms with Crippen LogP contribution in [0.3, 0.4) is 0 Å². The SMILES string of the molecule is COc1cc([N+](=O)[O-])cc(/C=N/n2cnnc2SCc2ccccc2)c1O. The van der Waals surface area contributed by atoms with E-state index in [1.54, 1.807) is 0 Å². The van der Waals surface area contributed by atoms with Gasteiger partial charge < -0.3 is 9.84 Å². The monoisotopic (exact) mass is 385 g/mol. The van der Waals surface area contributed by atoms with E-state index in [2.05, 4.69) is 15.3 Å². The number of non-ortho nitro benzene ring substituents is 1. The molecule has 1 N–H and O–H groups in total. The Hall–Kier alpha value is -3.40. The molecule has 1 aromatic heterocycles. The lowest BCUT2D eigenvalue weighted by atomic mass is 10.2. The lowest BCUT2D eigenvalue weighted by Crippen LogP contribution is -1.96. The number of rotatable bonds is 7. The topological polar surface area (TPSA) is 116 Å². The van der Waals surface area contributed by atoms with Crippen molar-refractivity contribution in [2.24, 2.45) is 5.10 Å². The number of aromatic nitrogens is 3. The summed E-state index contributed by atoms with van der Waals surface area (Å²) in [4.78, 5) is 10.5. The van der Waals surface area contributed by atoms with E-state index in [0.717, 1.165) is 11.6 Å². The van der Waals surface area contributed by atoms with Crippen LogP contribution in [0.25, 0.3) is 0 Å². The van der Waals surface area contributed by atoms with Crippen molar-refractivity contribution in [3.8, 4) is 11.5 Å². The Morgan fingerprint density at radius 1 is 1.37 bits per heavy atom. The zero-order chi connectivity index (χ0) is 19.2. The maximum Gasteiger partial charge on any atom is 0.274 e. The number of aromatic hydroxyl groups is 1. The largest absolute Gasteiger partial charge is 0.504 e. The maximum atomic E-state index is 11.0. The van der Waals surface area contributed by atoms with E-state index in [0.29, 0.717) is 10.9 Å².